The lowest BCUT2D eigenvalue weighted by Crippen LogP contribution is -2.34. The number of nitrogen functional groups attached to an aromatic ring is 2. The number of hydrogen-bond donors (Lipinski definition) is 2. The van der Waals surface area contributed by atoms with Crippen LogP contribution in [0.1, 0.15) is 51.3 Å². The third kappa shape index (κ3) is 55.1. The van der Waals surface area contributed by atoms with Crippen molar-refractivity contribution in [3.8, 4) is 0 Å². The second-order valence-corrected chi connectivity index (χ2v) is 22.7. The van der Waals surface area contributed by atoms with Gasteiger partial charge in [0.25, 0.3) is 5.69 Å². The number of carbonyl (C=O) groups excluding carboxylic acids is 6. The fourth-order valence-electron chi connectivity index (χ4n) is 6.00. The molecular formula is C67H74F18N13O15P. The summed E-state index contributed by atoms with van der Waals surface area (Å²) in [6.45, 7) is 4.34. The van der Waals surface area contributed by atoms with Crippen LogP contribution < -0.4 is 11.5 Å². The van der Waals surface area contributed by atoms with Crippen molar-refractivity contribution in [2.75, 3.05) is 87.2 Å². The van der Waals surface area contributed by atoms with E-state index in [1.807, 2.05) is 50.5 Å². The summed E-state index contributed by atoms with van der Waals surface area (Å²) < 4.78 is 238. The van der Waals surface area contributed by atoms with Crippen molar-refractivity contribution in [3.63, 3.8) is 0 Å². The van der Waals surface area contributed by atoms with Crippen LogP contribution >= 0.6 is 7.60 Å². The van der Waals surface area contributed by atoms with Gasteiger partial charge >= 0.3 is 68.9 Å². The van der Waals surface area contributed by atoms with Gasteiger partial charge in [0.2, 0.25) is 0 Å². The summed E-state index contributed by atoms with van der Waals surface area (Å²) in [7, 11) is 11.5. The van der Waals surface area contributed by atoms with Crippen molar-refractivity contribution in [1.29, 1.82) is 0 Å². The van der Waals surface area contributed by atoms with E-state index in [0.717, 1.165) is 17.5 Å². The van der Waals surface area contributed by atoms with Gasteiger partial charge in [-0.1, -0.05) is 84.9 Å². The standard InChI is InChI=1S/C13H14F3N3O.C11H13N3O2.C11H15N3.C9H6F3NO2.C8H19N2O3P.C7H7NO.2C4F6O3/c1-19(2)18-9-5-7-11-6-3-4-8-12(11)17-10-20-13(14,15)16;1-13(2)12-9-5-7-10-6-3-4-8-11(10)14(15)16;1-14(2)13-9-5-7-10-6-3-4-8-11(10)12;10-9(11,12)15-6-13-8-4-2-1-3-7(8)5-14;1-5-12-14(11,13-6-2)8-7-9-10(3)4;8-7-4-2-1-3-6(7)5-9;2*5-3(6,7)1(11)13-2(12)4(8,9)10/h3-10H,1-2H3;3-9H,1-2H3;3-9H,12H2,1-2H3;1-6H;7H,5-6,8H2,1-4H3;1-5H,8H2;;/b7-5+,17-10?,18-9+;7-5+,12-9+;7-5+,13-9+;;9-7+;;;. The van der Waals surface area contributed by atoms with Crippen LogP contribution in [-0.2, 0) is 51.7 Å². The zero-order chi connectivity index (χ0) is 88.1. The highest BCUT2D eigenvalue weighted by atomic mass is 31.2. The molecule has 0 bridgehead atoms. The van der Waals surface area contributed by atoms with Crippen LogP contribution in [0.4, 0.5) is 107 Å². The molecule has 0 amide bonds. The van der Waals surface area contributed by atoms with Gasteiger partial charge in [0.15, 0.2) is 25.4 Å². The van der Waals surface area contributed by atoms with Crippen molar-refractivity contribution in [3.05, 3.63) is 177 Å². The third-order valence-corrected chi connectivity index (χ3v) is 12.5. The molecule has 0 aliphatic rings. The molecule has 5 rings (SSSR count). The number of nitrogens with two attached hydrogens (primary N) is 2. The molecule has 5 aromatic rings. The minimum atomic E-state index is -5.62. The minimum Gasteiger partial charge on any atom is -0.398 e. The van der Waals surface area contributed by atoms with E-state index in [4.69, 9.17) is 20.5 Å². The molecule has 0 aliphatic carbocycles. The highest BCUT2D eigenvalue weighted by molar-refractivity contribution is 7.54. The molecule has 0 atom stereocenters. The molecule has 0 aromatic heterocycles. The van der Waals surface area contributed by atoms with Crippen molar-refractivity contribution >= 4 is 128 Å². The Balaban J connectivity index is -0.00000124. The molecule has 0 heterocycles. The lowest BCUT2D eigenvalue weighted by molar-refractivity contribution is -0.385. The maximum Gasteiger partial charge on any atom is 0.573 e. The Morgan fingerprint density at radius 3 is 1.04 bits per heavy atom. The number of nitro benzene ring substituents is 1. The van der Waals surface area contributed by atoms with E-state index in [1.54, 1.807) is 204 Å². The van der Waals surface area contributed by atoms with Crippen LogP contribution in [-0.4, -0.2) is 212 Å². The van der Waals surface area contributed by atoms with E-state index in [-0.39, 0.29) is 29.5 Å². The zero-order valence-electron chi connectivity index (χ0n) is 61.2. The largest absolute Gasteiger partial charge is 0.573 e. The molecule has 0 saturated carbocycles. The number of allylic oxidation sites excluding steroid dienone is 3. The minimum absolute atomic E-state index is 0.0944. The maximum atomic E-state index is 11.8. The first-order valence-corrected chi connectivity index (χ1v) is 32.5. The molecular weight excluding hydrogens is 1600 g/mol. The van der Waals surface area contributed by atoms with Gasteiger partial charge in [0.1, 0.15) is 0 Å². The van der Waals surface area contributed by atoms with Crippen LogP contribution in [0, 0.1) is 10.1 Å². The number of halogens is 18. The zero-order valence-corrected chi connectivity index (χ0v) is 62.1. The number of aliphatic imine (C=N–C) groups is 2. The number of aldehydes is 2. The van der Waals surface area contributed by atoms with E-state index in [1.165, 1.54) is 18.2 Å². The van der Waals surface area contributed by atoms with Gasteiger partial charge in [0, 0.05) is 115 Å². The number of anilines is 2. The van der Waals surface area contributed by atoms with E-state index in [0.29, 0.717) is 54.0 Å². The summed E-state index contributed by atoms with van der Waals surface area (Å²) in [6, 6.07) is 33.9. The average Bonchev–Trinajstić information content (AvgIpc) is 0.869. The Bertz CT molecular complexity index is 3980. The third-order valence-electron chi connectivity index (χ3n) is 10.6. The summed E-state index contributed by atoms with van der Waals surface area (Å²) in [6.07, 6.45) is -13.0. The van der Waals surface area contributed by atoms with Gasteiger partial charge in [0.05, 0.1) is 41.2 Å². The van der Waals surface area contributed by atoms with Crippen LogP contribution in [0.15, 0.2) is 170 Å². The van der Waals surface area contributed by atoms with Crippen LogP contribution in [0.25, 0.3) is 18.2 Å². The van der Waals surface area contributed by atoms with Gasteiger partial charge in [-0.3, -0.25) is 24.3 Å². The molecule has 0 saturated heterocycles. The molecule has 114 heavy (non-hydrogen) atoms. The predicted octanol–water partition coefficient (Wildman–Crippen LogP) is 15.4. The Labute approximate surface area is 638 Å². The molecule has 0 radical (unpaired) electrons. The Hall–Kier alpha value is -12.4. The maximum absolute atomic E-state index is 11.8. The van der Waals surface area contributed by atoms with Gasteiger partial charge < -0.3 is 59.5 Å². The molecule has 5 aromatic carbocycles. The molecule has 628 valence electrons. The van der Waals surface area contributed by atoms with Crippen molar-refractivity contribution < 1.29 is 145 Å². The predicted molar refractivity (Wildman–Crippen MR) is 387 cm³/mol. The number of hydrazone groups is 4. The molecule has 4 N–H and O–H groups in total. The van der Waals surface area contributed by atoms with Gasteiger partial charge in [-0.05, 0) is 86.2 Å². The summed E-state index contributed by atoms with van der Waals surface area (Å²) in [5.41, 5.74) is 16.0. The normalized spacial score (nSPS) is 11.8. The lowest BCUT2D eigenvalue weighted by Gasteiger charge is -2.14. The van der Waals surface area contributed by atoms with Crippen LogP contribution in [0.3, 0.4) is 0 Å². The number of rotatable bonds is 23. The molecule has 0 aliphatic heterocycles. The quantitative estimate of drug-likeness (QED) is 0.00586. The van der Waals surface area contributed by atoms with E-state index in [2.05, 4.69) is 49.3 Å². The van der Waals surface area contributed by atoms with Crippen molar-refractivity contribution in [1.82, 2.24) is 20.0 Å². The number of alkyl halides is 18. The first-order valence-electron chi connectivity index (χ1n) is 30.8. The lowest BCUT2D eigenvalue weighted by atomic mass is 10.1. The van der Waals surface area contributed by atoms with Gasteiger partial charge in [-0.15, -0.1) is 26.3 Å². The van der Waals surface area contributed by atoms with Gasteiger partial charge in [-0.25, -0.2) is 29.2 Å². The Morgan fingerprint density at radius 2 is 0.728 bits per heavy atom. The second kappa shape index (κ2) is 54.3. The first kappa shape index (κ1) is 106. The summed E-state index contributed by atoms with van der Waals surface area (Å²) in [4.78, 5) is 76.5. The monoisotopic (exact) mass is 1670 g/mol. The fraction of sp³-hybridized carbons (Fsp3) is 0.284. The number of carbonyl (C=O) groups is 6. The number of para-hydroxylation sites is 5. The highest BCUT2D eigenvalue weighted by Gasteiger charge is 2.50. The summed E-state index contributed by atoms with van der Waals surface area (Å²) in [5, 5.41) is 33.3. The molecule has 0 fully saturated rings. The van der Waals surface area contributed by atoms with E-state index < -0.39 is 73.8 Å². The topological polar surface area (TPSA) is 357 Å². The van der Waals surface area contributed by atoms with E-state index >= 15 is 0 Å². The Morgan fingerprint density at radius 1 is 0.439 bits per heavy atom. The Kier molecular flexibility index (Phi) is 50.4. The summed E-state index contributed by atoms with van der Waals surface area (Å²) in [5.74, 6) is -12.8. The number of ether oxygens (including phenoxy) is 4. The first-order chi connectivity index (χ1) is 52.7. The van der Waals surface area contributed by atoms with Crippen LogP contribution in [0.2, 0.25) is 0 Å². The summed E-state index contributed by atoms with van der Waals surface area (Å²) >= 11 is 0. The van der Waals surface area contributed by atoms with E-state index in [9.17, 15) is 122 Å². The molecule has 0 unspecified atom stereocenters. The molecule has 28 nitrogen and oxygen atoms in total. The molecule has 47 heteroatoms. The molecule has 0 spiro atoms. The van der Waals surface area contributed by atoms with Gasteiger partial charge in [-0.2, -0.15) is 73.1 Å². The number of nitro groups is 1. The second-order valence-electron chi connectivity index (χ2n) is 20.6. The number of nitrogens with zero attached hydrogens (tertiary/aromatic N) is 11. The number of benzene rings is 5. The van der Waals surface area contributed by atoms with Crippen molar-refractivity contribution in [2.45, 2.75) is 51.3 Å². The smallest absolute Gasteiger partial charge is 0.398 e. The SMILES string of the molecule is CCOP(=O)(C/C=N/N(C)C)OCC.CN(C)/N=C/C=C/c1ccccc1N.CN(C)/N=C/C=C/c1ccccc1N=COC(F)(F)F.CN(C)/N=C/C=C/c1ccccc1[N+](=O)[O-].Nc1ccccc1C=O.O=C(OC(=O)C(F)(F)F)C(F)(F)F.O=C(OC(=O)C(F)(F)F)C(F)(F)F.O=Cc1ccccc1N=COC(F)(F)F. The number of esters is 4. The average molecular weight is 1670 g/mol. The fourth-order valence-corrected chi connectivity index (χ4v) is 7.35. The van der Waals surface area contributed by atoms with Crippen molar-refractivity contribution in [2.24, 2.45) is 30.4 Å². The number of hydrogen-bond acceptors (Lipinski definition) is 27. The van der Waals surface area contributed by atoms with Crippen LogP contribution in [0.5, 0.6) is 0 Å². The highest BCUT2D eigenvalue weighted by Crippen LogP contribution is 2.47.